The van der Waals surface area contributed by atoms with Gasteiger partial charge in [0.15, 0.2) is 9.84 Å². The lowest BCUT2D eigenvalue weighted by atomic mass is 10.1. The summed E-state index contributed by atoms with van der Waals surface area (Å²) in [6.45, 7) is 1.14. The van der Waals surface area contributed by atoms with Crippen LogP contribution in [0.3, 0.4) is 0 Å². The molecule has 1 fully saturated rings. The van der Waals surface area contributed by atoms with Crippen LogP contribution in [0, 0.1) is 0 Å². The van der Waals surface area contributed by atoms with Crippen LogP contribution >= 0.6 is 11.6 Å². The fraction of sp³-hybridized carbons (Fsp3) is 0.562. The van der Waals surface area contributed by atoms with Gasteiger partial charge >= 0.3 is 0 Å². The summed E-state index contributed by atoms with van der Waals surface area (Å²) in [6.07, 6.45) is 1.78. The van der Waals surface area contributed by atoms with E-state index in [2.05, 4.69) is 5.32 Å². The topological polar surface area (TPSA) is 66.5 Å². The van der Waals surface area contributed by atoms with Crippen molar-refractivity contribution in [3.8, 4) is 0 Å². The zero-order valence-corrected chi connectivity index (χ0v) is 14.9. The van der Waals surface area contributed by atoms with Gasteiger partial charge in [-0.05, 0) is 37.6 Å². The van der Waals surface area contributed by atoms with Crippen LogP contribution in [0.2, 0.25) is 5.02 Å². The van der Waals surface area contributed by atoms with E-state index in [4.69, 9.17) is 11.6 Å². The third-order valence-corrected chi connectivity index (χ3v) is 6.13. The third-order valence-electron chi connectivity index (χ3n) is 4.15. The Hall–Kier alpha value is -1.11. The van der Waals surface area contributed by atoms with Gasteiger partial charge in [0, 0.05) is 30.6 Å². The summed E-state index contributed by atoms with van der Waals surface area (Å²) in [6, 6.07) is 7.63. The van der Waals surface area contributed by atoms with Gasteiger partial charge in [-0.25, -0.2) is 8.42 Å². The van der Waals surface area contributed by atoms with Crippen molar-refractivity contribution in [1.82, 2.24) is 10.2 Å². The fourth-order valence-electron chi connectivity index (χ4n) is 2.71. The molecule has 2 rings (SSSR count). The smallest absolute Gasteiger partial charge is 0.221 e. The summed E-state index contributed by atoms with van der Waals surface area (Å²) in [5, 5.41) is 3.58. The maximum Gasteiger partial charge on any atom is 0.221 e. The molecule has 1 aliphatic rings. The minimum Gasteiger partial charge on any atom is -0.356 e. The molecule has 0 saturated carbocycles. The number of nitrogens with one attached hydrogen (secondary N) is 1. The Morgan fingerprint density at radius 3 is 2.87 bits per heavy atom. The lowest BCUT2D eigenvalue weighted by Gasteiger charge is -2.22. The summed E-state index contributed by atoms with van der Waals surface area (Å²) >= 11 is 5.92. The minimum absolute atomic E-state index is 0.0141. The molecule has 1 aliphatic heterocycles. The molecule has 1 aromatic rings. The summed E-state index contributed by atoms with van der Waals surface area (Å²) in [5.41, 5.74) is 1.09. The highest BCUT2D eigenvalue weighted by Gasteiger charge is 2.30. The second-order valence-corrected chi connectivity index (χ2v) is 8.68. The van der Waals surface area contributed by atoms with Crippen molar-refractivity contribution < 1.29 is 13.2 Å². The van der Waals surface area contributed by atoms with Gasteiger partial charge in [-0.1, -0.05) is 23.7 Å². The van der Waals surface area contributed by atoms with Crippen molar-refractivity contribution in [3.63, 3.8) is 0 Å². The van der Waals surface area contributed by atoms with E-state index in [9.17, 15) is 13.2 Å². The Balaban J connectivity index is 1.65. The number of carbonyl (C=O) groups excluding carboxylic acids is 1. The third kappa shape index (κ3) is 6.12. The highest BCUT2D eigenvalue weighted by Crippen LogP contribution is 2.16. The number of nitrogens with zero attached hydrogens (tertiary/aromatic N) is 1. The fourth-order valence-corrected chi connectivity index (χ4v) is 4.73. The molecule has 128 valence electrons. The Labute approximate surface area is 142 Å². The Kier molecular flexibility index (Phi) is 6.44. The second-order valence-electron chi connectivity index (χ2n) is 6.02. The Morgan fingerprint density at radius 1 is 1.43 bits per heavy atom. The number of halogens is 1. The molecule has 5 nitrogen and oxygen atoms in total. The van der Waals surface area contributed by atoms with E-state index in [-0.39, 0.29) is 23.5 Å². The summed E-state index contributed by atoms with van der Waals surface area (Å²) in [5.74, 6) is 0.452. The standard InChI is InChI=1S/C16H23ClN2O3S/c1-19(15-7-10-23(21,22)12-15)9-6-16(20)18-8-5-13-3-2-4-14(17)11-13/h2-4,11,15H,5-10,12H2,1H3,(H,18,20). The van der Waals surface area contributed by atoms with E-state index in [0.29, 0.717) is 31.0 Å². The van der Waals surface area contributed by atoms with Crippen LogP contribution in [0.15, 0.2) is 24.3 Å². The van der Waals surface area contributed by atoms with Crippen LogP contribution in [0.4, 0.5) is 0 Å². The predicted octanol–water partition coefficient (Wildman–Crippen LogP) is 1.51. The SMILES string of the molecule is CN(CCC(=O)NCCc1cccc(Cl)c1)C1CCS(=O)(=O)C1. The largest absolute Gasteiger partial charge is 0.356 e. The molecule has 1 aromatic carbocycles. The average Bonchev–Trinajstić information content (AvgIpc) is 2.85. The molecule has 7 heteroatoms. The van der Waals surface area contributed by atoms with Crippen molar-refractivity contribution in [2.75, 3.05) is 31.6 Å². The molecule has 1 heterocycles. The molecule has 0 radical (unpaired) electrons. The van der Waals surface area contributed by atoms with Gasteiger partial charge in [-0.2, -0.15) is 0 Å². The van der Waals surface area contributed by atoms with Crippen molar-refractivity contribution in [3.05, 3.63) is 34.9 Å². The maximum absolute atomic E-state index is 11.9. The van der Waals surface area contributed by atoms with Gasteiger partial charge in [0.2, 0.25) is 5.91 Å². The molecule has 1 unspecified atom stereocenters. The zero-order valence-electron chi connectivity index (χ0n) is 13.3. The molecule has 0 spiro atoms. The molecule has 0 aromatic heterocycles. The quantitative estimate of drug-likeness (QED) is 0.802. The van der Waals surface area contributed by atoms with Gasteiger partial charge in [0.1, 0.15) is 0 Å². The minimum atomic E-state index is -2.88. The lowest BCUT2D eigenvalue weighted by molar-refractivity contribution is -0.121. The van der Waals surface area contributed by atoms with E-state index >= 15 is 0 Å². The molecule has 23 heavy (non-hydrogen) atoms. The number of hydrogen-bond donors (Lipinski definition) is 1. The van der Waals surface area contributed by atoms with E-state index in [1.807, 2.05) is 36.2 Å². The van der Waals surface area contributed by atoms with Crippen LogP contribution in [0.25, 0.3) is 0 Å². The van der Waals surface area contributed by atoms with Crippen LogP contribution < -0.4 is 5.32 Å². The molecule has 0 aliphatic carbocycles. The van der Waals surface area contributed by atoms with Crippen LogP contribution in [0.5, 0.6) is 0 Å². The van der Waals surface area contributed by atoms with Gasteiger partial charge in [0.05, 0.1) is 11.5 Å². The van der Waals surface area contributed by atoms with E-state index in [1.54, 1.807) is 0 Å². The van der Waals surface area contributed by atoms with Crippen LogP contribution in [-0.2, 0) is 21.1 Å². The van der Waals surface area contributed by atoms with Gasteiger partial charge < -0.3 is 10.2 Å². The highest BCUT2D eigenvalue weighted by atomic mass is 35.5. The average molecular weight is 359 g/mol. The normalized spacial score (nSPS) is 19.9. The van der Waals surface area contributed by atoms with Crippen LogP contribution in [-0.4, -0.2) is 56.9 Å². The molecular weight excluding hydrogens is 336 g/mol. The summed E-state index contributed by atoms with van der Waals surface area (Å²) in [4.78, 5) is 13.8. The first-order chi connectivity index (χ1) is 10.9. The molecule has 1 saturated heterocycles. The van der Waals surface area contributed by atoms with Crippen LogP contribution in [0.1, 0.15) is 18.4 Å². The first-order valence-electron chi connectivity index (χ1n) is 7.77. The molecular formula is C16H23ClN2O3S. The highest BCUT2D eigenvalue weighted by molar-refractivity contribution is 7.91. The van der Waals surface area contributed by atoms with Crippen molar-refractivity contribution in [1.29, 1.82) is 0 Å². The predicted molar refractivity (Wildman–Crippen MR) is 92.5 cm³/mol. The van der Waals surface area contributed by atoms with Crippen molar-refractivity contribution in [2.24, 2.45) is 0 Å². The van der Waals surface area contributed by atoms with E-state index in [0.717, 1.165) is 12.0 Å². The monoisotopic (exact) mass is 358 g/mol. The van der Waals surface area contributed by atoms with Gasteiger partial charge in [-0.15, -0.1) is 0 Å². The summed E-state index contributed by atoms with van der Waals surface area (Å²) < 4.78 is 22.9. The molecule has 1 N–H and O–H groups in total. The zero-order chi connectivity index (χ0) is 16.9. The number of sulfone groups is 1. The number of amides is 1. The Morgan fingerprint density at radius 2 is 2.22 bits per heavy atom. The van der Waals surface area contributed by atoms with Crippen molar-refractivity contribution >= 4 is 27.3 Å². The second kappa shape index (κ2) is 8.13. The Bertz CT molecular complexity index is 648. The molecule has 1 atom stereocenters. The molecule has 1 amide bonds. The number of rotatable bonds is 7. The first kappa shape index (κ1) is 18.2. The number of hydrogen-bond acceptors (Lipinski definition) is 4. The van der Waals surface area contributed by atoms with E-state index < -0.39 is 9.84 Å². The molecule has 0 bridgehead atoms. The number of benzene rings is 1. The van der Waals surface area contributed by atoms with Gasteiger partial charge in [0.25, 0.3) is 0 Å². The van der Waals surface area contributed by atoms with Crippen molar-refractivity contribution in [2.45, 2.75) is 25.3 Å². The number of carbonyl (C=O) groups is 1. The first-order valence-corrected chi connectivity index (χ1v) is 9.97. The lowest BCUT2D eigenvalue weighted by Crippen LogP contribution is -2.36. The van der Waals surface area contributed by atoms with E-state index in [1.165, 1.54) is 0 Å². The van der Waals surface area contributed by atoms with Gasteiger partial charge in [-0.3, -0.25) is 4.79 Å². The summed E-state index contributed by atoms with van der Waals surface area (Å²) in [7, 11) is -1.00. The maximum atomic E-state index is 11.9.